The lowest BCUT2D eigenvalue weighted by molar-refractivity contribution is -0.883. The number of anilines is 2. The highest BCUT2D eigenvalue weighted by molar-refractivity contribution is 5.94. The van der Waals surface area contributed by atoms with Gasteiger partial charge in [-0.1, -0.05) is 19.1 Å². The SMILES string of the molecule is CCC[NH+](CC(=O)Nc1ccc(C#N)cc1)CC(=O)Nc1ccccc1OC. The normalized spacial score (nSPS) is 11.2. The van der Waals surface area contributed by atoms with E-state index in [9.17, 15) is 9.59 Å². The van der Waals surface area contributed by atoms with Crippen molar-refractivity contribution in [1.82, 2.24) is 0 Å². The summed E-state index contributed by atoms with van der Waals surface area (Å²) in [4.78, 5) is 25.6. The molecule has 7 nitrogen and oxygen atoms in total. The van der Waals surface area contributed by atoms with E-state index in [-0.39, 0.29) is 24.9 Å². The molecule has 0 fully saturated rings. The Balaban J connectivity index is 1.93. The smallest absolute Gasteiger partial charge is 0.279 e. The van der Waals surface area contributed by atoms with E-state index >= 15 is 0 Å². The van der Waals surface area contributed by atoms with Gasteiger partial charge in [-0.05, 0) is 42.8 Å². The molecule has 0 heterocycles. The van der Waals surface area contributed by atoms with Gasteiger partial charge in [-0.2, -0.15) is 5.26 Å². The summed E-state index contributed by atoms with van der Waals surface area (Å²) in [5.74, 6) is 0.226. The van der Waals surface area contributed by atoms with Crippen molar-refractivity contribution in [2.45, 2.75) is 13.3 Å². The Kier molecular flexibility index (Phi) is 8.00. The molecule has 0 radical (unpaired) electrons. The van der Waals surface area contributed by atoms with Gasteiger partial charge in [0.2, 0.25) is 0 Å². The standard InChI is InChI=1S/C21H24N4O3/c1-3-12-25(14-20(26)23-17-10-8-16(13-22)9-11-17)15-21(27)24-18-6-4-5-7-19(18)28-2/h4-11H,3,12,14-15H2,1-2H3,(H,23,26)(H,24,27)/p+1. The van der Waals surface area contributed by atoms with Crippen molar-refractivity contribution in [3.8, 4) is 11.8 Å². The zero-order chi connectivity index (χ0) is 20.4. The third-order valence-electron chi connectivity index (χ3n) is 4.10. The fraction of sp³-hybridized carbons (Fsp3) is 0.286. The molecule has 3 N–H and O–H groups in total. The summed E-state index contributed by atoms with van der Waals surface area (Å²) in [5, 5.41) is 14.5. The molecular formula is C21H25N4O3+. The van der Waals surface area contributed by atoms with Crippen molar-refractivity contribution in [1.29, 1.82) is 5.26 Å². The quantitative estimate of drug-likeness (QED) is 0.612. The van der Waals surface area contributed by atoms with Gasteiger partial charge in [-0.15, -0.1) is 0 Å². The number of hydrogen-bond donors (Lipinski definition) is 3. The van der Waals surface area contributed by atoms with Gasteiger partial charge in [0.15, 0.2) is 13.1 Å². The molecule has 2 aromatic carbocycles. The lowest BCUT2D eigenvalue weighted by Crippen LogP contribution is -3.14. The second-order valence-electron chi connectivity index (χ2n) is 6.34. The first-order valence-electron chi connectivity index (χ1n) is 9.12. The number of carbonyl (C=O) groups is 2. The van der Waals surface area contributed by atoms with Crippen LogP contribution in [0.5, 0.6) is 5.75 Å². The highest BCUT2D eigenvalue weighted by Crippen LogP contribution is 2.22. The Morgan fingerprint density at radius 1 is 1.04 bits per heavy atom. The number of nitriles is 1. The number of nitrogens with zero attached hydrogens (tertiary/aromatic N) is 1. The second kappa shape index (κ2) is 10.7. The molecule has 0 aromatic heterocycles. The van der Waals surface area contributed by atoms with Gasteiger partial charge in [0, 0.05) is 5.69 Å². The number of hydrogen-bond acceptors (Lipinski definition) is 4. The van der Waals surface area contributed by atoms with E-state index in [1.807, 2.05) is 25.1 Å². The molecule has 2 amide bonds. The summed E-state index contributed by atoms with van der Waals surface area (Å²) in [6.45, 7) is 3.05. The van der Waals surface area contributed by atoms with E-state index in [2.05, 4.69) is 10.6 Å². The van der Waals surface area contributed by atoms with Gasteiger partial charge < -0.3 is 20.3 Å². The lowest BCUT2D eigenvalue weighted by atomic mass is 10.2. The maximum Gasteiger partial charge on any atom is 0.279 e. The summed E-state index contributed by atoms with van der Waals surface area (Å²) >= 11 is 0. The van der Waals surface area contributed by atoms with Gasteiger partial charge in [0.1, 0.15) is 5.75 Å². The van der Waals surface area contributed by atoms with E-state index in [0.717, 1.165) is 11.3 Å². The van der Waals surface area contributed by atoms with Crippen LogP contribution in [-0.4, -0.2) is 38.6 Å². The first-order valence-corrected chi connectivity index (χ1v) is 9.12. The zero-order valence-electron chi connectivity index (χ0n) is 16.1. The second-order valence-corrected chi connectivity index (χ2v) is 6.34. The zero-order valence-corrected chi connectivity index (χ0v) is 16.1. The third-order valence-corrected chi connectivity index (χ3v) is 4.10. The number of rotatable bonds is 9. The van der Waals surface area contributed by atoms with Crippen molar-refractivity contribution in [3.05, 3.63) is 54.1 Å². The van der Waals surface area contributed by atoms with Crippen molar-refractivity contribution in [2.24, 2.45) is 0 Å². The van der Waals surface area contributed by atoms with Crippen LogP contribution >= 0.6 is 0 Å². The van der Waals surface area contributed by atoms with Crippen LogP contribution in [0.1, 0.15) is 18.9 Å². The van der Waals surface area contributed by atoms with Gasteiger partial charge in [0.05, 0.1) is 31.0 Å². The number of carbonyl (C=O) groups excluding carboxylic acids is 2. The Bertz CT molecular complexity index is 843. The van der Waals surface area contributed by atoms with Crippen LogP contribution in [0, 0.1) is 11.3 Å². The summed E-state index contributed by atoms with van der Waals surface area (Å²) in [6, 6.07) is 15.9. The van der Waals surface area contributed by atoms with Gasteiger partial charge in [0.25, 0.3) is 11.8 Å². The van der Waals surface area contributed by atoms with E-state index in [4.69, 9.17) is 10.00 Å². The maximum absolute atomic E-state index is 12.4. The van der Waals surface area contributed by atoms with Gasteiger partial charge >= 0.3 is 0 Å². The number of benzene rings is 2. The highest BCUT2D eigenvalue weighted by Gasteiger charge is 2.18. The molecule has 0 aliphatic heterocycles. The van der Waals surface area contributed by atoms with Crippen LogP contribution < -0.4 is 20.3 Å². The number of para-hydroxylation sites is 2. The Morgan fingerprint density at radius 2 is 1.68 bits per heavy atom. The monoisotopic (exact) mass is 381 g/mol. The van der Waals surface area contributed by atoms with Crippen LogP contribution in [0.2, 0.25) is 0 Å². The average molecular weight is 381 g/mol. The Labute approximate surface area is 164 Å². The molecule has 0 saturated carbocycles. The first kappa shape index (κ1) is 20.9. The van der Waals surface area contributed by atoms with Crippen LogP contribution in [0.25, 0.3) is 0 Å². The molecule has 1 unspecified atom stereocenters. The highest BCUT2D eigenvalue weighted by atomic mass is 16.5. The molecule has 28 heavy (non-hydrogen) atoms. The summed E-state index contributed by atoms with van der Waals surface area (Å²) < 4.78 is 5.24. The van der Waals surface area contributed by atoms with E-state index < -0.39 is 0 Å². The van der Waals surface area contributed by atoms with Crippen LogP contribution in [0.15, 0.2) is 48.5 Å². The van der Waals surface area contributed by atoms with Crippen molar-refractivity contribution >= 4 is 23.2 Å². The number of quaternary nitrogens is 1. The Hall–Kier alpha value is -3.37. The number of amides is 2. The first-order chi connectivity index (χ1) is 13.5. The fourth-order valence-corrected chi connectivity index (χ4v) is 2.82. The molecule has 0 bridgehead atoms. The minimum absolute atomic E-state index is 0.173. The van der Waals surface area contributed by atoms with Crippen LogP contribution in [-0.2, 0) is 9.59 Å². The predicted octanol–water partition coefficient (Wildman–Crippen LogP) is 1.44. The number of nitrogens with one attached hydrogen (secondary N) is 3. The van der Waals surface area contributed by atoms with Crippen molar-refractivity contribution in [3.63, 3.8) is 0 Å². The minimum Gasteiger partial charge on any atom is -0.495 e. The molecule has 0 aliphatic carbocycles. The number of ether oxygens (including phenoxy) is 1. The average Bonchev–Trinajstić information content (AvgIpc) is 2.69. The van der Waals surface area contributed by atoms with Crippen LogP contribution in [0.3, 0.4) is 0 Å². The molecule has 2 rings (SSSR count). The largest absolute Gasteiger partial charge is 0.495 e. The molecule has 0 spiro atoms. The van der Waals surface area contributed by atoms with E-state index in [1.54, 1.807) is 43.5 Å². The molecule has 0 saturated heterocycles. The molecule has 2 aromatic rings. The lowest BCUT2D eigenvalue weighted by Gasteiger charge is -2.18. The van der Waals surface area contributed by atoms with Crippen molar-refractivity contribution in [2.75, 3.05) is 37.4 Å². The van der Waals surface area contributed by atoms with E-state index in [1.165, 1.54) is 0 Å². The summed E-state index contributed by atoms with van der Waals surface area (Å²) in [7, 11) is 1.55. The van der Waals surface area contributed by atoms with E-state index in [0.29, 0.717) is 29.2 Å². The maximum atomic E-state index is 12.4. The molecule has 146 valence electrons. The molecule has 1 atom stereocenters. The number of methoxy groups -OCH3 is 1. The summed E-state index contributed by atoms with van der Waals surface area (Å²) in [5.41, 5.74) is 1.76. The fourth-order valence-electron chi connectivity index (χ4n) is 2.82. The summed E-state index contributed by atoms with van der Waals surface area (Å²) in [6.07, 6.45) is 0.849. The van der Waals surface area contributed by atoms with Gasteiger partial charge in [-0.3, -0.25) is 9.59 Å². The topological polar surface area (TPSA) is 95.7 Å². The molecule has 7 heteroatoms. The minimum atomic E-state index is -0.182. The molecule has 0 aliphatic rings. The Morgan fingerprint density at radius 3 is 2.29 bits per heavy atom. The van der Waals surface area contributed by atoms with Crippen LogP contribution in [0.4, 0.5) is 11.4 Å². The van der Waals surface area contributed by atoms with Crippen molar-refractivity contribution < 1.29 is 19.2 Å². The van der Waals surface area contributed by atoms with Gasteiger partial charge in [-0.25, -0.2) is 0 Å². The third kappa shape index (κ3) is 6.41. The molecular weight excluding hydrogens is 356 g/mol. The predicted molar refractivity (Wildman–Crippen MR) is 107 cm³/mol.